The van der Waals surface area contributed by atoms with Crippen LogP contribution in [0.4, 0.5) is 0 Å². The van der Waals surface area contributed by atoms with Gasteiger partial charge in [0.1, 0.15) is 0 Å². The smallest absolute Gasteiger partial charge is 0.250 e. The van der Waals surface area contributed by atoms with Crippen LogP contribution in [0.15, 0.2) is 10.6 Å². The summed E-state index contributed by atoms with van der Waals surface area (Å²) in [6, 6.07) is 0. The Bertz CT molecular complexity index is 612. The molecule has 1 aromatic heterocycles. The third kappa shape index (κ3) is 4.89. The summed E-state index contributed by atoms with van der Waals surface area (Å²) < 4.78 is 16.3. The molecule has 0 spiro atoms. The average molecular weight is 349 g/mol. The predicted octanol–water partition coefficient (Wildman–Crippen LogP) is 2.08. The van der Waals surface area contributed by atoms with Gasteiger partial charge in [-0.15, -0.1) is 0 Å². The highest BCUT2D eigenvalue weighted by atomic mass is 16.5. The second kappa shape index (κ2) is 7.66. The molecule has 2 aliphatic rings. The largest absolute Gasteiger partial charge is 0.381 e. The number of allylic oxidation sites excluding steroid dienone is 1. The molecule has 138 valence electrons. The summed E-state index contributed by atoms with van der Waals surface area (Å²) >= 11 is 0. The summed E-state index contributed by atoms with van der Waals surface area (Å²) in [5, 5.41) is 3.93. The maximum Gasteiger partial charge on any atom is 0.250 e. The minimum Gasteiger partial charge on any atom is -0.381 e. The number of carbonyl (C=O) groups is 1. The van der Waals surface area contributed by atoms with Crippen molar-refractivity contribution < 1.29 is 18.8 Å². The van der Waals surface area contributed by atoms with E-state index in [0.717, 1.165) is 26.1 Å². The SMILES string of the molecule is CC1CN(C(=O)Cc2noc(/C=C/C3(C)CCOCC3)n2)CC(C)O1. The molecule has 3 heterocycles. The molecule has 0 N–H and O–H groups in total. The van der Waals surface area contributed by atoms with Crippen LogP contribution in [0.1, 0.15) is 45.3 Å². The molecular formula is C18H27N3O4. The maximum absolute atomic E-state index is 12.4. The monoisotopic (exact) mass is 349 g/mol. The lowest BCUT2D eigenvalue weighted by molar-refractivity contribution is -0.142. The Kier molecular flexibility index (Phi) is 5.54. The van der Waals surface area contributed by atoms with Gasteiger partial charge in [0.2, 0.25) is 11.8 Å². The first-order valence-corrected chi connectivity index (χ1v) is 8.96. The van der Waals surface area contributed by atoms with Crippen molar-refractivity contribution in [2.45, 2.75) is 52.2 Å². The van der Waals surface area contributed by atoms with Crippen molar-refractivity contribution in [1.29, 1.82) is 0 Å². The summed E-state index contributed by atoms with van der Waals surface area (Å²) in [5.74, 6) is 0.877. The Morgan fingerprint density at radius 2 is 1.96 bits per heavy atom. The summed E-state index contributed by atoms with van der Waals surface area (Å²) in [6.07, 6.45) is 6.19. The van der Waals surface area contributed by atoms with Gasteiger partial charge in [-0.1, -0.05) is 18.2 Å². The molecular weight excluding hydrogens is 322 g/mol. The van der Waals surface area contributed by atoms with Crippen molar-refractivity contribution in [3.05, 3.63) is 17.8 Å². The molecule has 2 fully saturated rings. The van der Waals surface area contributed by atoms with Crippen LogP contribution < -0.4 is 0 Å². The number of amides is 1. The van der Waals surface area contributed by atoms with Crippen LogP contribution in [0.5, 0.6) is 0 Å². The highest BCUT2D eigenvalue weighted by Crippen LogP contribution is 2.31. The van der Waals surface area contributed by atoms with E-state index in [1.54, 1.807) is 0 Å². The van der Waals surface area contributed by atoms with E-state index in [-0.39, 0.29) is 30.0 Å². The third-order valence-electron chi connectivity index (χ3n) is 4.83. The first kappa shape index (κ1) is 18.1. The normalized spacial score (nSPS) is 26.9. The quantitative estimate of drug-likeness (QED) is 0.828. The van der Waals surface area contributed by atoms with Crippen LogP contribution in [0.25, 0.3) is 6.08 Å². The van der Waals surface area contributed by atoms with Gasteiger partial charge in [-0.2, -0.15) is 4.98 Å². The number of hydrogen-bond donors (Lipinski definition) is 0. The van der Waals surface area contributed by atoms with Crippen molar-refractivity contribution in [2.24, 2.45) is 5.41 Å². The van der Waals surface area contributed by atoms with Crippen molar-refractivity contribution in [3.8, 4) is 0 Å². The zero-order valence-electron chi connectivity index (χ0n) is 15.2. The molecule has 0 radical (unpaired) electrons. The first-order valence-electron chi connectivity index (χ1n) is 8.96. The van der Waals surface area contributed by atoms with E-state index in [1.807, 2.05) is 24.8 Å². The number of aromatic nitrogens is 2. The molecule has 0 aromatic carbocycles. The van der Waals surface area contributed by atoms with Crippen LogP contribution in [0, 0.1) is 5.41 Å². The summed E-state index contributed by atoms with van der Waals surface area (Å²) in [4.78, 5) is 18.6. The van der Waals surface area contributed by atoms with E-state index >= 15 is 0 Å². The second-order valence-corrected chi connectivity index (χ2v) is 7.38. The van der Waals surface area contributed by atoms with Crippen LogP contribution in [-0.2, 0) is 20.7 Å². The van der Waals surface area contributed by atoms with Gasteiger partial charge >= 0.3 is 0 Å². The van der Waals surface area contributed by atoms with Gasteiger partial charge in [0.05, 0.1) is 18.6 Å². The summed E-state index contributed by atoms with van der Waals surface area (Å²) in [6.45, 7) is 8.92. The molecule has 0 saturated carbocycles. The zero-order valence-corrected chi connectivity index (χ0v) is 15.2. The fourth-order valence-electron chi connectivity index (χ4n) is 3.31. The highest BCUT2D eigenvalue weighted by Gasteiger charge is 2.27. The minimum absolute atomic E-state index is 0.00900. The third-order valence-corrected chi connectivity index (χ3v) is 4.83. The number of carbonyl (C=O) groups excluding carboxylic acids is 1. The summed E-state index contributed by atoms with van der Waals surface area (Å²) in [5.41, 5.74) is 0.1000. The molecule has 3 rings (SSSR count). The second-order valence-electron chi connectivity index (χ2n) is 7.38. The van der Waals surface area contributed by atoms with Crippen LogP contribution in [-0.4, -0.2) is 59.5 Å². The van der Waals surface area contributed by atoms with Gasteiger partial charge in [-0.25, -0.2) is 0 Å². The molecule has 0 bridgehead atoms. The van der Waals surface area contributed by atoms with Crippen LogP contribution in [0.2, 0.25) is 0 Å². The number of hydrogen-bond acceptors (Lipinski definition) is 6. The van der Waals surface area contributed by atoms with Crippen molar-refractivity contribution in [3.63, 3.8) is 0 Å². The van der Waals surface area contributed by atoms with E-state index in [4.69, 9.17) is 14.0 Å². The molecule has 0 aliphatic carbocycles. The number of morpholine rings is 1. The molecule has 2 unspecified atom stereocenters. The van der Waals surface area contributed by atoms with Crippen molar-refractivity contribution in [2.75, 3.05) is 26.3 Å². The standard InChI is InChI=1S/C18H27N3O4/c1-13-11-21(12-14(2)24-13)17(22)10-15-19-16(25-20-15)4-5-18(3)6-8-23-9-7-18/h4-5,13-14H,6-12H2,1-3H3/b5-4+. The lowest BCUT2D eigenvalue weighted by Gasteiger charge is -2.35. The molecule has 1 aromatic rings. The first-order chi connectivity index (χ1) is 11.9. The van der Waals surface area contributed by atoms with E-state index in [0.29, 0.717) is 24.8 Å². The Morgan fingerprint density at radius 3 is 2.64 bits per heavy atom. The van der Waals surface area contributed by atoms with Gasteiger partial charge < -0.3 is 18.9 Å². The number of ether oxygens (including phenoxy) is 2. The molecule has 7 nitrogen and oxygen atoms in total. The summed E-state index contributed by atoms with van der Waals surface area (Å²) in [7, 11) is 0. The maximum atomic E-state index is 12.4. The zero-order chi connectivity index (χ0) is 17.9. The number of rotatable bonds is 4. The molecule has 1 amide bonds. The molecule has 2 saturated heterocycles. The lowest BCUT2D eigenvalue weighted by atomic mass is 9.82. The fourth-order valence-corrected chi connectivity index (χ4v) is 3.31. The van der Waals surface area contributed by atoms with E-state index < -0.39 is 0 Å². The minimum atomic E-state index is 0.00900. The van der Waals surface area contributed by atoms with Gasteiger partial charge in [0.15, 0.2) is 5.82 Å². The highest BCUT2D eigenvalue weighted by molar-refractivity contribution is 5.78. The van der Waals surface area contributed by atoms with E-state index in [9.17, 15) is 4.79 Å². The molecule has 25 heavy (non-hydrogen) atoms. The van der Waals surface area contributed by atoms with Gasteiger partial charge in [-0.3, -0.25) is 4.79 Å². The van der Waals surface area contributed by atoms with E-state index in [1.165, 1.54) is 0 Å². The van der Waals surface area contributed by atoms with E-state index in [2.05, 4.69) is 23.1 Å². The van der Waals surface area contributed by atoms with Gasteiger partial charge in [0, 0.05) is 26.3 Å². The predicted molar refractivity (Wildman–Crippen MR) is 91.8 cm³/mol. The van der Waals surface area contributed by atoms with Crippen molar-refractivity contribution in [1.82, 2.24) is 15.0 Å². The van der Waals surface area contributed by atoms with Crippen molar-refractivity contribution >= 4 is 12.0 Å². The Morgan fingerprint density at radius 1 is 1.28 bits per heavy atom. The average Bonchev–Trinajstić information content (AvgIpc) is 3.00. The lowest BCUT2D eigenvalue weighted by Crippen LogP contribution is -2.48. The number of nitrogens with zero attached hydrogens (tertiary/aromatic N) is 3. The van der Waals surface area contributed by atoms with Crippen LogP contribution >= 0.6 is 0 Å². The molecule has 2 aliphatic heterocycles. The Hall–Kier alpha value is -1.73. The Labute approximate surface area is 148 Å². The van der Waals surface area contributed by atoms with Gasteiger partial charge in [-0.05, 0) is 38.2 Å². The topological polar surface area (TPSA) is 77.7 Å². The van der Waals surface area contributed by atoms with Gasteiger partial charge in [0.25, 0.3) is 0 Å². The Balaban J connectivity index is 1.57. The fraction of sp³-hybridized carbons (Fsp3) is 0.722. The molecule has 7 heteroatoms. The molecule has 2 atom stereocenters. The van der Waals surface area contributed by atoms with Crippen LogP contribution in [0.3, 0.4) is 0 Å².